The van der Waals surface area contributed by atoms with Crippen molar-refractivity contribution in [3.63, 3.8) is 0 Å². The molecule has 16 heteroatoms. The van der Waals surface area contributed by atoms with Gasteiger partial charge in [-0.1, -0.05) is 19.1 Å². The lowest BCUT2D eigenvalue weighted by Crippen LogP contribution is -2.41. The Balaban J connectivity index is 1.33. The number of aromatic nitrogens is 4. The van der Waals surface area contributed by atoms with E-state index in [0.29, 0.717) is 17.9 Å². The molecule has 2 aromatic heterocycles. The normalized spacial score (nSPS) is 30.0. The van der Waals surface area contributed by atoms with Gasteiger partial charge in [0, 0.05) is 13.6 Å². The first-order valence-electron chi connectivity index (χ1n) is 14.0. The molecule has 4 heterocycles. The molecule has 5 N–H and O–H groups in total. The maximum Gasteiger partial charge on any atom is 0.338 e. The highest BCUT2D eigenvalue weighted by atomic mass is 31.2. The fourth-order valence-corrected chi connectivity index (χ4v) is 7.11. The molecule has 0 bridgehead atoms. The highest BCUT2D eigenvalue weighted by Crippen LogP contribution is 2.73. The Morgan fingerprint density at radius 1 is 1.33 bits per heavy atom. The second kappa shape index (κ2) is 11.2. The van der Waals surface area contributed by atoms with E-state index in [4.69, 9.17) is 30.2 Å². The number of alkyl halides is 1. The number of hydrogen-bond donors (Lipinski definition) is 3. The van der Waals surface area contributed by atoms with Crippen LogP contribution in [0.4, 0.5) is 16.2 Å². The van der Waals surface area contributed by atoms with Crippen LogP contribution in [-0.4, -0.2) is 86.2 Å². The van der Waals surface area contributed by atoms with Gasteiger partial charge in [0.2, 0.25) is 11.2 Å². The summed E-state index contributed by atoms with van der Waals surface area (Å²) in [6.45, 7) is 6.95. The van der Waals surface area contributed by atoms with Crippen LogP contribution >= 0.6 is 7.37 Å². The fraction of sp³-hybridized carbons (Fsp3) is 0.556. The molecule has 43 heavy (non-hydrogen) atoms. The van der Waals surface area contributed by atoms with Crippen molar-refractivity contribution in [1.82, 2.24) is 19.5 Å². The molecule has 0 spiro atoms. The molecule has 2 aliphatic heterocycles. The minimum absolute atomic E-state index is 0.0172. The van der Waals surface area contributed by atoms with E-state index in [1.807, 2.05) is 18.9 Å². The Bertz CT molecular complexity index is 1570. The van der Waals surface area contributed by atoms with Gasteiger partial charge in [-0.3, -0.25) is 9.13 Å². The first kappa shape index (κ1) is 30.9. The van der Waals surface area contributed by atoms with E-state index in [9.17, 15) is 14.5 Å². The summed E-state index contributed by atoms with van der Waals surface area (Å²) in [4.78, 5) is 27.3. The number of halogens is 1. The minimum Gasteiger partial charge on any atom is -0.487 e. The first-order valence-corrected chi connectivity index (χ1v) is 15.8. The quantitative estimate of drug-likeness (QED) is 0.209. The van der Waals surface area contributed by atoms with Gasteiger partial charge in [-0.15, -0.1) is 0 Å². The molecule has 14 nitrogen and oxygen atoms in total. The number of nitrogen functional groups attached to an aromatic ring is 1. The number of nitrogens with two attached hydrogens (primary N) is 2. The number of para-hydroxylation sites is 2. The largest absolute Gasteiger partial charge is 0.487 e. The molecule has 234 valence electrons. The first-order chi connectivity index (χ1) is 20.2. The van der Waals surface area contributed by atoms with Crippen LogP contribution in [0.2, 0.25) is 0 Å². The molecule has 6 atom stereocenters. The van der Waals surface area contributed by atoms with Gasteiger partial charge in [0.1, 0.15) is 18.8 Å². The van der Waals surface area contributed by atoms with Crippen molar-refractivity contribution in [2.75, 3.05) is 37.0 Å². The molecule has 0 saturated carbocycles. The highest BCUT2D eigenvalue weighted by Gasteiger charge is 2.73. The van der Waals surface area contributed by atoms with Gasteiger partial charge in [-0.05, 0) is 39.3 Å². The molecule has 5 rings (SSSR count). The Morgan fingerprint density at radius 2 is 2.02 bits per heavy atom. The summed E-state index contributed by atoms with van der Waals surface area (Å²) in [5.41, 5.74) is 10.4. The zero-order valence-corrected chi connectivity index (χ0v) is 25.5. The number of carbonyl (C=O) groups is 1. The van der Waals surface area contributed by atoms with Gasteiger partial charge in [-0.25, -0.2) is 14.2 Å². The average Bonchev–Trinajstić information content (AvgIpc) is 3.17. The SMILES string of the molecule is CCCN(C)c1nc(N)nc2c1ncn2C1OC(COc2ccccc2OP2(=O)C[C@]2(N)C(=O)OC(C)C)C(O)C1(C)F. The number of anilines is 2. The smallest absolute Gasteiger partial charge is 0.338 e. The van der Waals surface area contributed by atoms with E-state index >= 15 is 4.39 Å². The Kier molecular flexibility index (Phi) is 8.05. The third-order valence-electron chi connectivity index (χ3n) is 7.46. The number of rotatable bonds is 11. The number of aliphatic hydroxyl groups excluding tert-OH is 1. The summed E-state index contributed by atoms with van der Waals surface area (Å²) in [7, 11) is -1.77. The predicted molar refractivity (Wildman–Crippen MR) is 156 cm³/mol. The van der Waals surface area contributed by atoms with Crippen LogP contribution in [0.3, 0.4) is 0 Å². The molecular formula is C27H37FN7O7P. The Hall–Kier alpha value is -3.52. The zero-order valence-electron chi connectivity index (χ0n) is 24.6. The maximum absolute atomic E-state index is 16.1. The maximum atomic E-state index is 16.1. The number of esters is 1. The summed E-state index contributed by atoms with van der Waals surface area (Å²) >= 11 is 0. The minimum atomic E-state index is -3.62. The summed E-state index contributed by atoms with van der Waals surface area (Å²) in [6, 6.07) is 6.32. The summed E-state index contributed by atoms with van der Waals surface area (Å²) in [5.74, 6) is -0.118. The lowest BCUT2D eigenvalue weighted by Gasteiger charge is -2.25. The van der Waals surface area contributed by atoms with Gasteiger partial charge < -0.3 is 40.2 Å². The summed E-state index contributed by atoms with van der Waals surface area (Å²) in [5, 5.41) is 9.20. The number of nitrogens with zero attached hydrogens (tertiary/aromatic N) is 5. The molecular weight excluding hydrogens is 584 g/mol. The van der Waals surface area contributed by atoms with Crippen LogP contribution in [0, 0.1) is 0 Å². The molecule has 2 saturated heterocycles. The molecule has 0 aliphatic carbocycles. The number of aliphatic hydroxyl groups is 1. The van der Waals surface area contributed by atoms with Crippen LogP contribution < -0.4 is 25.6 Å². The van der Waals surface area contributed by atoms with E-state index < -0.39 is 48.8 Å². The Labute approximate surface area is 247 Å². The third kappa shape index (κ3) is 5.50. The monoisotopic (exact) mass is 621 g/mol. The number of ether oxygens (including phenoxy) is 3. The number of hydrogen-bond acceptors (Lipinski definition) is 13. The Morgan fingerprint density at radius 3 is 2.70 bits per heavy atom. The number of benzene rings is 1. The van der Waals surface area contributed by atoms with E-state index in [2.05, 4.69) is 15.0 Å². The van der Waals surface area contributed by atoms with Crippen LogP contribution in [-0.2, 0) is 18.8 Å². The molecule has 0 radical (unpaired) electrons. The van der Waals surface area contributed by atoms with Gasteiger partial charge in [0.05, 0.1) is 18.6 Å². The topological polar surface area (TPSA) is 190 Å². The number of carbonyl (C=O) groups excluding carboxylic acids is 1. The van der Waals surface area contributed by atoms with Gasteiger partial charge in [-0.2, -0.15) is 9.97 Å². The second-order valence-electron chi connectivity index (χ2n) is 11.3. The molecule has 2 fully saturated rings. The van der Waals surface area contributed by atoms with Crippen LogP contribution in [0.1, 0.15) is 40.3 Å². The lowest BCUT2D eigenvalue weighted by atomic mass is 9.98. The van der Waals surface area contributed by atoms with Crippen LogP contribution in [0.25, 0.3) is 11.2 Å². The van der Waals surface area contributed by atoms with Crippen molar-refractivity contribution in [3.8, 4) is 11.5 Å². The number of fused-ring (bicyclic) bond motifs is 1. The van der Waals surface area contributed by atoms with Crippen molar-refractivity contribution in [2.24, 2.45) is 5.73 Å². The zero-order chi connectivity index (χ0) is 31.3. The molecule has 2 aliphatic rings. The van der Waals surface area contributed by atoms with E-state index in [-0.39, 0.29) is 35.9 Å². The fourth-order valence-electron chi connectivity index (χ4n) is 5.04. The van der Waals surface area contributed by atoms with Crippen molar-refractivity contribution in [1.29, 1.82) is 0 Å². The van der Waals surface area contributed by atoms with Gasteiger partial charge in [0.25, 0.3) is 7.37 Å². The van der Waals surface area contributed by atoms with Crippen LogP contribution in [0.15, 0.2) is 30.6 Å². The van der Waals surface area contributed by atoms with Gasteiger partial charge >= 0.3 is 5.97 Å². The predicted octanol–water partition coefficient (Wildman–Crippen LogP) is 2.60. The van der Waals surface area contributed by atoms with Crippen molar-refractivity contribution in [2.45, 2.75) is 69.6 Å². The average molecular weight is 622 g/mol. The van der Waals surface area contributed by atoms with E-state index in [0.717, 1.165) is 6.42 Å². The summed E-state index contributed by atoms with van der Waals surface area (Å²) < 4.78 is 53.5. The lowest BCUT2D eigenvalue weighted by molar-refractivity contribution is -0.148. The molecule has 0 amide bonds. The number of imidazole rings is 1. The van der Waals surface area contributed by atoms with Gasteiger partial charge in [0.15, 0.2) is 40.4 Å². The highest BCUT2D eigenvalue weighted by molar-refractivity contribution is 7.70. The molecule has 5 unspecified atom stereocenters. The molecule has 1 aromatic carbocycles. The van der Waals surface area contributed by atoms with Crippen molar-refractivity contribution in [3.05, 3.63) is 30.6 Å². The summed E-state index contributed by atoms with van der Waals surface area (Å²) in [6.07, 6.45) is -2.44. The van der Waals surface area contributed by atoms with Crippen molar-refractivity contribution < 1.29 is 37.6 Å². The van der Waals surface area contributed by atoms with E-state index in [1.54, 1.807) is 32.0 Å². The third-order valence-corrected chi connectivity index (χ3v) is 10.0. The molecule has 3 aromatic rings. The second-order valence-corrected chi connectivity index (χ2v) is 14.0. The van der Waals surface area contributed by atoms with E-state index in [1.165, 1.54) is 23.9 Å². The standard InChI is InChI=1S/C27H37FN7O7P/c1-6-11-34(5)21-19-22(33-25(29)32-21)35(14-31-19)23-26(4,28)20(36)18(41-23)12-39-16-9-7-8-10-17(16)42-43(38)13-27(43,30)24(37)40-15(2)3/h7-10,14-15,18,20,23,36H,6,11-13,30H2,1-5H3,(H2,29,32,33)/t18?,20?,23?,26?,27-,43?/m1/s1. The van der Waals surface area contributed by atoms with Crippen LogP contribution in [0.5, 0.6) is 11.5 Å². The van der Waals surface area contributed by atoms with Crippen molar-refractivity contribution >= 4 is 36.3 Å².